The highest BCUT2D eigenvalue weighted by molar-refractivity contribution is 7.19. The Hall–Kier alpha value is -3.98. The van der Waals surface area contributed by atoms with Crippen LogP contribution in [0.5, 0.6) is 0 Å². The first-order valence-corrected chi connectivity index (χ1v) is 18.4. The van der Waals surface area contributed by atoms with E-state index in [-0.39, 0.29) is 21.9 Å². The molecular weight excluding hydrogens is 761 g/mol. The van der Waals surface area contributed by atoms with Crippen molar-refractivity contribution in [2.75, 3.05) is 39.9 Å². The summed E-state index contributed by atoms with van der Waals surface area (Å²) in [5.74, 6) is 0. The van der Waals surface area contributed by atoms with Crippen molar-refractivity contribution in [3.05, 3.63) is 119 Å². The molecule has 0 radical (unpaired) electrons. The summed E-state index contributed by atoms with van der Waals surface area (Å²) in [7, 11) is 2.38. The van der Waals surface area contributed by atoms with Gasteiger partial charge >= 0.3 is 24.7 Å². The van der Waals surface area contributed by atoms with E-state index in [1.165, 1.54) is 62.6 Å². The van der Waals surface area contributed by atoms with Crippen molar-refractivity contribution in [2.45, 2.75) is 70.2 Å². The average Bonchev–Trinajstić information content (AvgIpc) is 3.13. The minimum absolute atomic E-state index is 0.0114. The molecule has 1 saturated heterocycles. The number of likely N-dealkylation sites (N-methyl/N-ethyl adjacent to an activating group) is 1. The molecule has 0 bridgehead atoms. The fourth-order valence-corrected chi connectivity index (χ4v) is 7.28. The Labute approximate surface area is 319 Å². The molecular formula is C41H44BF12NO. The number of rotatable bonds is 11. The molecule has 0 amide bonds. The smallest absolute Gasteiger partial charge is 0.370 e. The number of hydrogen-bond acceptors (Lipinski definition) is 1. The molecule has 1 heterocycles. The third kappa shape index (κ3) is 11.3. The highest BCUT2D eigenvalue weighted by atomic mass is 19.4. The zero-order chi connectivity index (χ0) is 41.4. The molecule has 2 nitrogen and oxygen atoms in total. The predicted molar refractivity (Wildman–Crippen MR) is 195 cm³/mol. The molecule has 0 aliphatic carbocycles. The summed E-state index contributed by atoms with van der Waals surface area (Å²) in [5, 5.41) is 0. The largest absolute Gasteiger partial charge is 0.416 e. The number of halogens is 12. The molecule has 1 aliphatic rings. The molecule has 4 aromatic rings. The minimum atomic E-state index is -4.77. The van der Waals surface area contributed by atoms with Crippen molar-refractivity contribution >= 4 is 28.0 Å². The standard InChI is InChI=1S/C28H16BF12.C13H28NO/c30-25(31,32)17-1-9-21(10-2-17)29(22-11-3-18(4-12-22)26(33,34)35,23-13-5-19(6-14-23)27(36,37)38)24-15-7-20(8-16-24)28(39,40)41;1-3-4-5-6-7-8-9-14(2)10-12-15-13-11-14/h1-16H;3-13H2,1-2H3/q-1;+1. The van der Waals surface area contributed by atoms with Gasteiger partial charge in [0.15, 0.2) is 0 Å². The van der Waals surface area contributed by atoms with Gasteiger partial charge in [-0.25, -0.2) is 0 Å². The monoisotopic (exact) mass is 805 g/mol. The van der Waals surface area contributed by atoms with Crippen LogP contribution in [-0.4, -0.2) is 50.5 Å². The molecule has 0 spiro atoms. The normalized spacial score (nSPS) is 15.2. The third-order valence-corrected chi connectivity index (χ3v) is 10.6. The lowest BCUT2D eigenvalue weighted by Gasteiger charge is -2.44. The first-order chi connectivity index (χ1) is 26.1. The van der Waals surface area contributed by atoms with Gasteiger partial charge in [0.1, 0.15) is 19.2 Å². The summed E-state index contributed by atoms with van der Waals surface area (Å²) in [6, 6.07) is 13.6. The number of morpholine rings is 1. The number of ether oxygens (including phenoxy) is 1. The lowest BCUT2D eigenvalue weighted by atomic mass is 9.13. The van der Waals surface area contributed by atoms with E-state index in [2.05, 4.69) is 14.0 Å². The van der Waals surface area contributed by atoms with Crippen LogP contribution in [0, 0.1) is 0 Å². The van der Waals surface area contributed by atoms with Crippen molar-refractivity contribution in [3.63, 3.8) is 0 Å². The van der Waals surface area contributed by atoms with E-state index in [1.54, 1.807) is 0 Å². The Kier molecular flexibility index (Phi) is 14.4. The fraction of sp³-hybridized carbons (Fsp3) is 0.415. The molecule has 0 saturated carbocycles. The van der Waals surface area contributed by atoms with E-state index >= 15 is 0 Å². The Bertz CT molecular complexity index is 1560. The molecule has 1 fully saturated rings. The number of unbranched alkanes of at least 4 members (excludes halogenated alkanes) is 5. The topological polar surface area (TPSA) is 9.23 Å². The maximum atomic E-state index is 13.3. The van der Waals surface area contributed by atoms with Crippen LogP contribution in [0.2, 0.25) is 0 Å². The van der Waals surface area contributed by atoms with Crippen molar-refractivity contribution in [1.29, 1.82) is 0 Å². The van der Waals surface area contributed by atoms with Crippen LogP contribution in [0.15, 0.2) is 97.1 Å². The molecule has 5 rings (SSSR count). The van der Waals surface area contributed by atoms with E-state index < -0.39 is 53.1 Å². The highest BCUT2D eigenvalue weighted by Gasteiger charge is 2.38. The van der Waals surface area contributed by atoms with Crippen LogP contribution in [-0.2, 0) is 29.4 Å². The minimum Gasteiger partial charge on any atom is -0.370 e. The van der Waals surface area contributed by atoms with Crippen LogP contribution in [0.1, 0.15) is 67.7 Å². The van der Waals surface area contributed by atoms with Crippen LogP contribution in [0.3, 0.4) is 0 Å². The maximum Gasteiger partial charge on any atom is 0.416 e. The summed E-state index contributed by atoms with van der Waals surface area (Å²) in [6.07, 6.45) is -13.5. The molecule has 0 atom stereocenters. The van der Waals surface area contributed by atoms with Crippen LogP contribution in [0.25, 0.3) is 0 Å². The lowest BCUT2D eigenvalue weighted by molar-refractivity contribution is -0.917. The van der Waals surface area contributed by atoms with Gasteiger partial charge in [-0.2, -0.15) is 74.5 Å². The Morgan fingerprint density at radius 3 is 0.982 bits per heavy atom. The van der Waals surface area contributed by atoms with Crippen LogP contribution < -0.4 is 21.9 Å². The molecule has 0 aromatic heterocycles. The van der Waals surface area contributed by atoms with Crippen molar-refractivity contribution in [2.24, 2.45) is 0 Å². The fourth-order valence-electron chi connectivity index (χ4n) is 7.28. The van der Waals surface area contributed by atoms with Gasteiger partial charge in [-0.3, -0.25) is 0 Å². The number of quaternary nitrogens is 1. The first kappa shape index (κ1) is 44.7. The van der Waals surface area contributed by atoms with Gasteiger partial charge in [0, 0.05) is 0 Å². The SMILES string of the molecule is CCCCCCCC[N+]1(C)CCOCC1.FC(F)(F)c1ccc([B-](c2ccc(C(F)(F)F)cc2)(c2ccc(C(F)(F)F)cc2)c2ccc(C(F)(F)F)cc2)cc1. The third-order valence-electron chi connectivity index (χ3n) is 10.6. The van der Waals surface area contributed by atoms with Gasteiger partial charge in [0.05, 0.1) is 49.1 Å². The summed E-state index contributed by atoms with van der Waals surface area (Å²) < 4.78 is 167. The first-order valence-electron chi connectivity index (χ1n) is 18.4. The van der Waals surface area contributed by atoms with Gasteiger partial charge in [-0.05, 0) is 12.8 Å². The second kappa shape index (κ2) is 18.1. The number of benzene rings is 4. The Morgan fingerprint density at radius 2 is 0.714 bits per heavy atom. The molecule has 0 unspecified atom stereocenters. The van der Waals surface area contributed by atoms with Crippen LogP contribution in [0.4, 0.5) is 52.7 Å². The predicted octanol–water partition coefficient (Wildman–Crippen LogP) is 9.96. The quantitative estimate of drug-likeness (QED) is 0.0635. The van der Waals surface area contributed by atoms with Gasteiger partial charge in [0.25, 0.3) is 0 Å². The summed E-state index contributed by atoms with van der Waals surface area (Å²) in [5.41, 5.74) is -4.29. The number of alkyl halides is 12. The maximum absolute atomic E-state index is 13.3. The van der Waals surface area contributed by atoms with Gasteiger partial charge in [-0.1, -0.05) is 130 Å². The summed E-state index contributed by atoms with van der Waals surface area (Å²) in [6.45, 7) is 8.00. The average molecular weight is 806 g/mol. The summed E-state index contributed by atoms with van der Waals surface area (Å²) >= 11 is 0. The second-order valence-corrected chi connectivity index (χ2v) is 14.5. The molecule has 1 aliphatic heterocycles. The zero-order valence-electron chi connectivity index (χ0n) is 31.0. The molecule has 56 heavy (non-hydrogen) atoms. The van der Waals surface area contributed by atoms with Crippen LogP contribution >= 0.6 is 0 Å². The second-order valence-electron chi connectivity index (χ2n) is 14.5. The number of hydrogen-bond donors (Lipinski definition) is 0. The zero-order valence-corrected chi connectivity index (χ0v) is 31.0. The summed E-state index contributed by atoms with van der Waals surface area (Å²) in [4.78, 5) is 0. The Balaban J connectivity index is 0.000000389. The Morgan fingerprint density at radius 1 is 0.446 bits per heavy atom. The van der Waals surface area contributed by atoms with E-state index in [0.29, 0.717) is 48.5 Å². The van der Waals surface area contributed by atoms with E-state index in [1.807, 2.05) is 0 Å². The van der Waals surface area contributed by atoms with Gasteiger partial charge < -0.3 is 9.22 Å². The van der Waals surface area contributed by atoms with Crippen molar-refractivity contribution in [1.82, 2.24) is 0 Å². The molecule has 15 heteroatoms. The van der Waals surface area contributed by atoms with E-state index in [9.17, 15) is 52.7 Å². The molecule has 0 N–H and O–H groups in total. The highest BCUT2D eigenvalue weighted by Crippen LogP contribution is 2.32. The van der Waals surface area contributed by atoms with E-state index in [0.717, 1.165) is 61.7 Å². The van der Waals surface area contributed by atoms with E-state index in [4.69, 9.17) is 4.74 Å². The molecule has 4 aromatic carbocycles. The van der Waals surface area contributed by atoms with Gasteiger partial charge in [-0.15, -0.1) is 0 Å². The van der Waals surface area contributed by atoms with Crippen molar-refractivity contribution in [3.8, 4) is 0 Å². The lowest BCUT2D eigenvalue weighted by Crippen LogP contribution is -2.74. The van der Waals surface area contributed by atoms with Crippen molar-refractivity contribution < 1.29 is 61.9 Å². The number of nitrogens with zero attached hydrogens (tertiary/aromatic N) is 1. The van der Waals surface area contributed by atoms with Gasteiger partial charge in [0.2, 0.25) is 0 Å². The molecule has 306 valence electrons.